The zero-order valence-corrected chi connectivity index (χ0v) is 15.4. The van der Waals surface area contributed by atoms with Crippen LogP contribution in [0.4, 0.5) is 5.69 Å². The highest BCUT2D eigenvalue weighted by molar-refractivity contribution is 7.99. The Morgan fingerprint density at radius 2 is 1.92 bits per heavy atom. The number of nitrogens with zero attached hydrogens (tertiary/aromatic N) is 2. The lowest BCUT2D eigenvalue weighted by Gasteiger charge is -2.11. The van der Waals surface area contributed by atoms with Crippen LogP contribution in [0.1, 0.15) is 12.8 Å². The number of aryl methyl sites for hydroxylation is 1. The van der Waals surface area contributed by atoms with Gasteiger partial charge < -0.3 is 14.6 Å². The summed E-state index contributed by atoms with van der Waals surface area (Å²) in [5.74, 6) is 0.805. The van der Waals surface area contributed by atoms with Crippen molar-refractivity contribution in [2.45, 2.75) is 22.9 Å². The zero-order valence-electron chi connectivity index (χ0n) is 14.6. The molecule has 0 spiro atoms. The number of ether oxygens (including phenoxy) is 1. The van der Waals surface area contributed by atoms with Crippen LogP contribution >= 0.6 is 11.8 Å². The number of aromatic nitrogens is 2. The molecular formula is C20H21N3O2S. The second-order valence-electron chi connectivity index (χ2n) is 5.73. The molecule has 0 saturated carbocycles. The minimum atomic E-state index is -0.0189. The van der Waals surface area contributed by atoms with Crippen LogP contribution in [-0.4, -0.2) is 22.1 Å². The van der Waals surface area contributed by atoms with E-state index < -0.39 is 0 Å². The number of nitrogens with one attached hydrogen (secondary N) is 1. The molecular weight excluding hydrogens is 346 g/mol. The van der Waals surface area contributed by atoms with Gasteiger partial charge >= 0.3 is 0 Å². The summed E-state index contributed by atoms with van der Waals surface area (Å²) < 4.78 is 7.57. The number of carbonyl (C=O) groups excluding carboxylic acids is 1. The zero-order chi connectivity index (χ0) is 18.2. The molecule has 3 aromatic rings. The van der Waals surface area contributed by atoms with Gasteiger partial charge in [-0.3, -0.25) is 4.79 Å². The molecule has 6 heteroatoms. The summed E-state index contributed by atoms with van der Waals surface area (Å²) in [7, 11) is 1.95. The largest absolute Gasteiger partial charge is 0.494 e. The number of hydrogen-bond acceptors (Lipinski definition) is 4. The van der Waals surface area contributed by atoms with Gasteiger partial charge in [0.05, 0.1) is 12.3 Å². The average molecular weight is 367 g/mol. The third-order valence-electron chi connectivity index (χ3n) is 3.70. The first-order valence-corrected chi connectivity index (χ1v) is 9.26. The molecule has 0 aliphatic heterocycles. The van der Waals surface area contributed by atoms with Crippen molar-refractivity contribution in [3.8, 4) is 5.75 Å². The third-order valence-corrected chi connectivity index (χ3v) is 4.85. The van der Waals surface area contributed by atoms with E-state index in [1.165, 1.54) is 11.8 Å². The first-order valence-electron chi connectivity index (χ1n) is 8.44. The fourth-order valence-electron chi connectivity index (χ4n) is 2.36. The molecule has 0 saturated heterocycles. The van der Waals surface area contributed by atoms with Crippen molar-refractivity contribution < 1.29 is 9.53 Å². The predicted molar refractivity (Wildman–Crippen MR) is 104 cm³/mol. The number of amides is 1. The number of benzene rings is 2. The van der Waals surface area contributed by atoms with Crippen LogP contribution in [0.5, 0.6) is 5.75 Å². The molecule has 0 aliphatic carbocycles. The minimum absolute atomic E-state index is 0.0189. The summed E-state index contributed by atoms with van der Waals surface area (Å²) in [5.41, 5.74) is 0.800. The van der Waals surface area contributed by atoms with Crippen molar-refractivity contribution in [2.75, 3.05) is 11.9 Å². The Balaban J connectivity index is 1.50. The smallest absolute Gasteiger partial charge is 0.224 e. The molecule has 1 aromatic heterocycles. The molecule has 0 radical (unpaired) electrons. The van der Waals surface area contributed by atoms with Crippen LogP contribution in [0.2, 0.25) is 0 Å². The summed E-state index contributed by atoms with van der Waals surface area (Å²) in [6.45, 7) is 0.515. The van der Waals surface area contributed by atoms with E-state index in [2.05, 4.69) is 10.3 Å². The minimum Gasteiger partial charge on any atom is -0.494 e. The van der Waals surface area contributed by atoms with E-state index in [1.54, 1.807) is 6.20 Å². The Hall–Kier alpha value is -2.73. The average Bonchev–Trinajstić information content (AvgIpc) is 3.06. The highest BCUT2D eigenvalue weighted by Crippen LogP contribution is 2.32. The van der Waals surface area contributed by atoms with Crippen LogP contribution in [0.15, 0.2) is 77.0 Å². The summed E-state index contributed by atoms with van der Waals surface area (Å²) in [5, 5.41) is 3.87. The highest BCUT2D eigenvalue weighted by atomic mass is 32.2. The molecule has 0 fully saturated rings. The van der Waals surface area contributed by atoms with E-state index >= 15 is 0 Å². The third kappa shape index (κ3) is 5.13. The van der Waals surface area contributed by atoms with Gasteiger partial charge in [-0.05, 0) is 42.4 Å². The predicted octanol–water partition coefficient (Wildman–Crippen LogP) is 4.37. The van der Waals surface area contributed by atoms with Crippen molar-refractivity contribution in [3.05, 3.63) is 67.0 Å². The topological polar surface area (TPSA) is 56.2 Å². The fraction of sp³-hybridized carbons (Fsp3) is 0.200. The van der Waals surface area contributed by atoms with Gasteiger partial charge in [0.2, 0.25) is 5.91 Å². The Morgan fingerprint density at radius 3 is 2.69 bits per heavy atom. The van der Waals surface area contributed by atoms with Gasteiger partial charge in [-0.25, -0.2) is 4.98 Å². The lowest BCUT2D eigenvalue weighted by atomic mass is 10.2. The Labute approximate surface area is 157 Å². The number of imidazole rings is 1. The number of rotatable bonds is 8. The monoisotopic (exact) mass is 367 g/mol. The molecule has 3 rings (SSSR count). The van der Waals surface area contributed by atoms with Gasteiger partial charge in [0.1, 0.15) is 5.75 Å². The van der Waals surface area contributed by atoms with Gasteiger partial charge in [0.25, 0.3) is 0 Å². The van der Waals surface area contributed by atoms with E-state index in [-0.39, 0.29) is 5.91 Å². The second-order valence-corrected chi connectivity index (χ2v) is 6.74. The summed E-state index contributed by atoms with van der Waals surface area (Å²) in [4.78, 5) is 17.5. The Bertz CT molecular complexity index is 849. The Kier molecular flexibility index (Phi) is 6.33. The number of anilines is 1. The standard InChI is InChI=1S/C20H21N3O2S/c1-23-14-13-21-20(23)26-18-11-6-5-10-17(18)22-19(24)12-7-15-25-16-8-3-2-4-9-16/h2-6,8-11,13-14H,7,12,15H2,1H3,(H,22,24). The SMILES string of the molecule is Cn1ccnc1Sc1ccccc1NC(=O)CCCOc1ccccc1. The van der Waals surface area contributed by atoms with E-state index in [1.807, 2.05) is 72.4 Å². The summed E-state index contributed by atoms with van der Waals surface area (Å²) in [6.07, 6.45) is 4.73. The molecule has 134 valence electrons. The molecule has 5 nitrogen and oxygen atoms in total. The molecule has 0 atom stereocenters. The molecule has 26 heavy (non-hydrogen) atoms. The lowest BCUT2D eigenvalue weighted by Crippen LogP contribution is -2.13. The normalized spacial score (nSPS) is 10.5. The second kappa shape index (κ2) is 9.10. The van der Waals surface area contributed by atoms with Crippen LogP contribution < -0.4 is 10.1 Å². The van der Waals surface area contributed by atoms with Crippen LogP contribution in [0, 0.1) is 0 Å². The van der Waals surface area contributed by atoms with Gasteiger partial charge in [-0.15, -0.1) is 0 Å². The maximum absolute atomic E-state index is 12.2. The maximum atomic E-state index is 12.2. The number of carbonyl (C=O) groups is 1. The van der Waals surface area contributed by atoms with Crippen molar-refractivity contribution >= 4 is 23.4 Å². The van der Waals surface area contributed by atoms with Crippen LogP contribution in [0.25, 0.3) is 0 Å². The molecule has 0 unspecified atom stereocenters. The molecule has 0 bridgehead atoms. The fourth-order valence-corrected chi connectivity index (χ4v) is 3.25. The van der Waals surface area contributed by atoms with E-state index in [0.29, 0.717) is 19.4 Å². The van der Waals surface area contributed by atoms with Crippen molar-refractivity contribution in [2.24, 2.45) is 7.05 Å². The number of hydrogen-bond donors (Lipinski definition) is 1. The maximum Gasteiger partial charge on any atom is 0.224 e. The van der Waals surface area contributed by atoms with Crippen LogP contribution in [0.3, 0.4) is 0 Å². The molecule has 1 amide bonds. The molecule has 0 aliphatic rings. The van der Waals surface area contributed by atoms with Crippen molar-refractivity contribution in [3.63, 3.8) is 0 Å². The van der Waals surface area contributed by atoms with E-state index in [0.717, 1.165) is 21.5 Å². The Morgan fingerprint density at radius 1 is 1.15 bits per heavy atom. The molecule has 1 N–H and O–H groups in total. The highest BCUT2D eigenvalue weighted by Gasteiger charge is 2.10. The van der Waals surface area contributed by atoms with E-state index in [4.69, 9.17) is 4.74 Å². The quantitative estimate of drug-likeness (QED) is 0.601. The number of para-hydroxylation sites is 2. The van der Waals surface area contributed by atoms with Gasteiger partial charge in [0, 0.05) is 30.8 Å². The van der Waals surface area contributed by atoms with Gasteiger partial charge in [-0.2, -0.15) is 0 Å². The van der Waals surface area contributed by atoms with Gasteiger partial charge in [0.15, 0.2) is 5.16 Å². The summed E-state index contributed by atoms with van der Waals surface area (Å²) in [6, 6.07) is 17.4. The first kappa shape index (κ1) is 18.1. The van der Waals surface area contributed by atoms with Crippen LogP contribution in [-0.2, 0) is 11.8 Å². The van der Waals surface area contributed by atoms with Crippen molar-refractivity contribution in [1.29, 1.82) is 0 Å². The summed E-state index contributed by atoms with van der Waals surface area (Å²) >= 11 is 1.53. The van der Waals surface area contributed by atoms with Crippen molar-refractivity contribution in [1.82, 2.24) is 9.55 Å². The lowest BCUT2D eigenvalue weighted by molar-refractivity contribution is -0.116. The van der Waals surface area contributed by atoms with Gasteiger partial charge in [-0.1, -0.05) is 30.3 Å². The molecule has 1 heterocycles. The van der Waals surface area contributed by atoms with E-state index in [9.17, 15) is 4.79 Å². The first-order chi connectivity index (χ1) is 12.7. The molecule has 2 aromatic carbocycles.